The van der Waals surface area contributed by atoms with Crippen molar-refractivity contribution in [2.24, 2.45) is 0 Å². The van der Waals surface area contributed by atoms with Crippen LogP contribution in [-0.4, -0.2) is 20.3 Å². The fourth-order valence-corrected chi connectivity index (χ4v) is 3.23. The van der Waals surface area contributed by atoms with E-state index >= 15 is 0 Å². The van der Waals surface area contributed by atoms with E-state index in [1.165, 1.54) is 0 Å². The van der Waals surface area contributed by atoms with E-state index in [1.807, 2.05) is 65.4 Å². The molecule has 5 heteroatoms. The van der Waals surface area contributed by atoms with Crippen molar-refractivity contribution in [2.75, 3.05) is 0 Å². The highest BCUT2D eigenvalue weighted by Crippen LogP contribution is 2.18. The molecule has 0 amide bonds. The number of imidazole rings is 1. The Kier molecular flexibility index (Phi) is 4.50. The molecule has 0 atom stereocenters. The number of nitrogens with zero attached hydrogens (tertiary/aromatic N) is 3. The van der Waals surface area contributed by atoms with Crippen molar-refractivity contribution in [3.63, 3.8) is 0 Å². The number of hydrogen-bond donors (Lipinski definition) is 0. The normalized spacial score (nSPS) is 11.0. The number of carbonyl (C=O) groups excluding carboxylic acids is 1. The van der Waals surface area contributed by atoms with E-state index in [1.54, 1.807) is 12.5 Å². The van der Waals surface area contributed by atoms with Crippen LogP contribution in [0.4, 0.5) is 0 Å². The second-order valence-electron chi connectivity index (χ2n) is 6.15. The quantitative estimate of drug-likeness (QED) is 0.489. The Morgan fingerprint density at radius 1 is 1.04 bits per heavy atom. The molecule has 4 rings (SSSR count). The summed E-state index contributed by atoms with van der Waals surface area (Å²) in [6.45, 7) is 0.661. The van der Waals surface area contributed by atoms with Crippen molar-refractivity contribution >= 4 is 28.2 Å². The minimum absolute atomic E-state index is 0.0326. The van der Waals surface area contributed by atoms with Crippen LogP contribution < -0.4 is 0 Å². The first-order chi connectivity index (χ1) is 12.7. The van der Waals surface area contributed by atoms with E-state index in [4.69, 9.17) is 11.6 Å². The summed E-state index contributed by atoms with van der Waals surface area (Å²) < 4.78 is 1.95. The summed E-state index contributed by atoms with van der Waals surface area (Å²) in [5, 5.41) is 2.59. The van der Waals surface area contributed by atoms with E-state index in [0.717, 1.165) is 22.0 Å². The summed E-state index contributed by atoms with van der Waals surface area (Å²) in [4.78, 5) is 21.4. The largest absolute Gasteiger partial charge is 0.333 e. The molecule has 0 aliphatic heterocycles. The van der Waals surface area contributed by atoms with Crippen LogP contribution in [0.2, 0.25) is 5.02 Å². The second kappa shape index (κ2) is 7.10. The van der Waals surface area contributed by atoms with Gasteiger partial charge in [0.1, 0.15) is 5.69 Å². The molecule has 0 saturated carbocycles. The maximum absolute atomic E-state index is 12.7. The van der Waals surface area contributed by atoms with Crippen LogP contribution in [0.25, 0.3) is 10.8 Å². The number of pyridine rings is 1. The molecule has 4 nitrogen and oxygen atoms in total. The lowest BCUT2D eigenvalue weighted by atomic mass is 10.1. The van der Waals surface area contributed by atoms with Gasteiger partial charge in [-0.05, 0) is 29.1 Å². The molecule has 4 aromatic rings. The number of ketones is 1. The molecule has 0 aliphatic rings. The summed E-state index contributed by atoms with van der Waals surface area (Å²) >= 11 is 6.02. The smallest absolute Gasteiger partial charge is 0.187 e. The third kappa shape index (κ3) is 3.51. The zero-order valence-corrected chi connectivity index (χ0v) is 14.7. The predicted octanol–water partition coefficient (Wildman–Crippen LogP) is 4.56. The van der Waals surface area contributed by atoms with Gasteiger partial charge in [-0.1, -0.05) is 48.0 Å². The van der Waals surface area contributed by atoms with Crippen LogP contribution in [0, 0.1) is 0 Å². The molecule has 0 N–H and O–H groups in total. The molecule has 2 aromatic carbocycles. The molecule has 0 saturated heterocycles. The lowest BCUT2D eigenvalue weighted by Gasteiger charge is -2.04. The van der Waals surface area contributed by atoms with Crippen molar-refractivity contribution in [3.8, 4) is 0 Å². The molecule has 0 radical (unpaired) electrons. The van der Waals surface area contributed by atoms with Gasteiger partial charge in [0.05, 0.1) is 18.4 Å². The lowest BCUT2D eigenvalue weighted by molar-refractivity contribution is 0.0989. The molecule has 2 heterocycles. The molecular weight excluding hydrogens is 346 g/mol. The average Bonchev–Trinajstić information content (AvgIpc) is 3.08. The maximum Gasteiger partial charge on any atom is 0.187 e. The first-order valence-corrected chi connectivity index (χ1v) is 8.69. The van der Waals surface area contributed by atoms with Gasteiger partial charge in [0.15, 0.2) is 5.78 Å². The summed E-state index contributed by atoms with van der Waals surface area (Å²) in [6.07, 6.45) is 5.53. The van der Waals surface area contributed by atoms with Gasteiger partial charge < -0.3 is 4.57 Å². The van der Waals surface area contributed by atoms with E-state index < -0.39 is 0 Å². The summed E-state index contributed by atoms with van der Waals surface area (Å²) in [5.41, 5.74) is 2.31. The minimum Gasteiger partial charge on any atom is -0.333 e. The Bertz CT molecular complexity index is 1080. The Morgan fingerprint density at radius 3 is 2.81 bits per heavy atom. The van der Waals surface area contributed by atoms with Gasteiger partial charge in [0.25, 0.3) is 0 Å². The summed E-state index contributed by atoms with van der Waals surface area (Å²) in [7, 11) is 0. The van der Waals surface area contributed by atoms with Crippen molar-refractivity contribution in [2.45, 2.75) is 13.0 Å². The topological polar surface area (TPSA) is 47.8 Å². The molecule has 26 heavy (non-hydrogen) atoms. The highest BCUT2D eigenvalue weighted by molar-refractivity contribution is 6.30. The van der Waals surface area contributed by atoms with Crippen LogP contribution >= 0.6 is 11.6 Å². The number of aromatic nitrogens is 3. The SMILES string of the molecule is O=C(Cc1cn(Cc2cccc(Cl)c2)cn1)c1nccc2ccccc12. The van der Waals surface area contributed by atoms with Gasteiger partial charge in [-0.3, -0.25) is 9.78 Å². The number of Topliss-reactive ketones (excluding diaryl/α,β-unsaturated/α-hetero) is 1. The van der Waals surface area contributed by atoms with Gasteiger partial charge in [0.2, 0.25) is 0 Å². The fraction of sp³-hybridized carbons (Fsp3) is 0.0952. The van der Waals surface area contributed by atoms with Gasteiger partial charge >= 0.3 is 0 Å². The molecule has 0 spiro atoms. The molecule has 2 aromatic heterocycles. The number of carbonyl (C=O) groups is 1. The van der Waals surface area contributed by atoms with Crippen LogP contribution in [-0.2, 0) is 13.0 Å². The van der Waals surface area contributed by atoms with E-state index in [-0.39, 0.29) is 12.2 Å². The Hall–Kier alpha value is -2.98. The van der Waals surface area contributed by atoms with E-state index in [9.17, 15) is 4.79 Å². The lowest BCUT2D eigenvalue weighted by Crippen LogP contribution is -2.07. The molecule has 0 unspecified atom stereocenters. The molecule has 128 valence electrons. The predicted molar refractivity (Wildman–Crippen MR) is 103 cm³/mol. The van der Waals surface area contributed by atoms with Crippen molar-refractivity contribution in [3.05, 3.63) is 95.3 Å². The molecule has 0 bridgehead atoms. The Labute approximate surface area is 156 Å². The highest BCUT2D eigenvalue weighted by atomic mass is 35.5. The maximum atomic E-state index is 12.7. The van der Waals surface area contributed by atoms with Crippen molar-refractivity contribution < 1.29 is 4.79 Å². The van der Waals surface area contributed by atoms with Gasteiger partial charge in [-0.25, -0.2) is 4.98 Å². The zero-order valence-electron chi connectivity index (χ0n) is 14.0. The number of hydrogen-bond acceptors (Lipinski definition) is 3. The Balaban J connectivity index is 1.52. The molecular formula is C21H16ClN3O. The number of fused-ring (bicyclic) bond motifs is 1. The summed E-state index contributed by atoms with van der Waals surface area (Å²) in [5.74, 6) is -0.0326. The third-order valence-electron chi connectivity index (χ3n) is 4.22. The molecule has 0 fully saturated rings. The molecule has 0 aliphatic carbocycles. The van der Waals surface area contributed by atoms with Crippen LogP contribution in [0.5, 0.6) is 0 Å². The second-order valence-corrected chi connectivity index (χ2v) is 6.58. The zero-order chi connectivity index (χ0) is 17.9. The highest BCUT2D eigenvalue weighted by Gasteiger charge is 2.14. The third-order valence-corrected chi connectivity index (χ3v) is 4.46. The number of benzene rings is 2. The average molecular weight is 362 g/mol. The van der Waals surface area contributed by atoms with E-state index in [0.29, 0.717) is 17.3 Å². The van der Waals surface area contributed by atoms with Crippen molar-refractivity contribution in [1.82, 2.24) is 14.5 Å². The number of rotatable bonds is 5. The number of halogens is 1. The minimum atomic E-state index is -0.0326. The van der Waals surface area contributed by atoms with Crippen molar-refractivity contribution in [1.29, 1.82) is 0 Å². The van der Waals surface area contributed by atoms with Gasteiger partial charge in [0, 0.05) is 29.3 Å². The van der Waals surface area contributed by atoms with E-state index in [2.05, 4.69) is 9.97 Å². The first-order valence-electron chi connectivity index (χ1n) is 8.31. The fourth-order valence-electron chi connectivity index (χ4n) is 3.02. The van der Waals surface area contributed by atoms with Crippen LogP contribution in [0.15, 0.2) is 73.3 Å². The summed E-state index contributed by atoms with van der Waals surface area (Å²) in [6, 6.07) is 17.4. The van der Waals surface area contributed by atoms with Crippen LogP contribution in [0.1, 0.15) is 21.7 Å². The van der Waals surface area contributed by atoms with Gasteiger partial charge in [-0.15, -0.1) is 0 Å². The first kappa shape index (κ1) is 16.5. The Morgan fingerprint density at radius 2 is 1.92 bits per heavy atom. The monoisotopic (exact) mass is 361 g/mol. The standard InChI is InChI=1S/C21H16ClN3O/c22-17-6-3-4-15(10-17)12-25-13-18(24-14-25)11-20(26)21-19-7-2-1-5-16(19)8-9-23-21/h1-10,13-14H,11-12H2. The van der Waals surface area contributed by atoms with Crippen LogP contribution in [0.3, 0.4) is 0 Å². The van der Waals surface area contributed by atoms with Gasteiger partial charge in [-0.2, -0.15) is 0 Å².